The molecule has 0 saturated carbocycles. The van der Waals surface area contributed by atoms with Crippen LogP contribution < -0.4 is 0 Å². The van der Waals surface area contributed by atoms with Crippen LogP contribution in [0.3, 0.4) is 0 Å². The van der Waals surface area contributed by atoms with Gasteiger partial charge in [0.2, 0.25) is 0 Å². The molecule has 0 atom stereocenters. The Hall–Kier alpha value is 0.00870. The Morgan fingerprint density at radius 1 is 1.13 bits per heavy atom. The van der Waals surface area contributed by atoms with Gasteiger partial charge in [0.15, 0.2) is 0 Å². The second kappa shape index (κ2) is 12.1. The van der Waals surface area contributed by atoms with Gasteiger partial charge >= 0.3 is 5.97 Å². The second-order valence-corrected chi connectivity index (χ2v) is 3.68. The van der Waals surface area contributed by atoms with Crippen molar-refractivity contribution >= 4 is 29.9 Å². The summed E-state index contributed by atoms with van der Waals surface area (Å²) in [5.41, 5.74) is 0.482. The van der Waals surface area contributed by atoms with Crippen LogP contribution >= 0.6 is 0 Å². The summed E-state index contributed by atoms with van der Waals surface area (Å²) in [4.78, 5) is 11.0. The first kappa shape index (κ1) is 17.4. The molecular weight excluding hydrogens is 295 g/mol. The van der Waals surface area contributed by atoms with E-state index in [1.165, 1.54) is 25.7 Å². The molecule has 0 heterocycles. The average molecular weight is 317 g/mol. The fourth-order valence-corrected chi connectivity index (χ4v) is 1.17. The summed E-state index contributed by atoms with van der Waals surface area (Å²) in [6.07, 6.45) is 7.26. The van der Waals surface area contributed by atoms with Crippen LogP contribution in [0.15, 0.2) is 12.2 Å². The third-order valence-electron chi connectivity index (χ3n) is 2.08. The van der Waals surface area contributed by atoms with E-state index in [1.54, 1.807) is 6.92 Å². The Kier molecular flexibility index (Phi) is 14.0. The van der Waals surface area contributed by atoms with E-state index in [1.807, 2.05) is 0 Å². The average Bonchev–Trinajstić information content (AvgIpc) is 2.16. The molecule has 0 aliphatic rings. The number of ether oxygens (including phenoxy) is 1. The van der Waals surface area contributed by atoms with E-state index < -0.39 is 0 Å². The van der Waals surface area contributed by atoms with Gasteiger partial charge < -0.3 is 4.74 Å². The minimum absolute atomic E-state index is 0. The largest absolute Gasteiger partial charge is 0.462 e. The van der Waals surface area contributed by atoms with E-state index >= 15 is 0 Å². The van der Waals surface area contributed by atoms with Gasteiger partial charge in [-0.2, -0.15) is 0 Å². The molecule has 0 bridgehead atoms. The summed E-state index contributed by atoms with van der Waals surface area (Å²) in [5, 5.41) is 0. The summed E-state index contributed by atoms with van der Waals surface area (Å²) < 4.78 is 4.97. The van der Waals surface area contributed by atoms with Crippen LogP contribution in [0.5, 0.6) is 0 Å². The van der Waals surface area contributed by atoms with Gasteiger partial charge in [0, 0.05) is 29.5 Å². The molecule has 0 N–H and O–H groups in total. The van der Waals surface area contributed by atoms with Crippen LogP contribution in [-0.4, -0.2) is 36.5 Å². The third-order valence-corrected chi connectivity index (χ3v) is 2.08. The van der Waals surface area contributed by atoms with Gasteiger partial charge in [-0.05, 0) is 13.3 Å². The molecule has 4 radical (unpaired) electrons. The molecular formula is C12H22O2Sn. The molecule has 86 valence electrons. The maximum Gasteiger partial charge on any atom is 0.333 e. The molecule has 15 heavy (non-hydrogen) atoms. The summed E-state index contributed by atoms with van der Waals surface area (Å²) in [6.45, 7) is 7.93. The van der Waals surface area contributed by atoms with Crippen molar-refractivity contribution in [1.82, 2.24) is 0 Å². The van der Waals surface area contributed by atoms with E-state index in [-0.39, 0.29) is 29.9 Å². The summed E-state index contributed by atoms with van der Waals surface area (Å²) >= 11 is 0. The molecule has 0 rings (SSSR count). The van der Waals surface area contributed by atoms with Crippen molar-refractivity contribution in [3.63, 3.8) is 0 Å². The van der Waals surface area contributed by atoms with Crippen LogP contribution in [0.2, 0.25) is 0 Å². The van der Waals surface area contributed by atoms with Crippen molar-refractivity contribution in [2.75, 3.05) is 6.61 Å². The SMILES string of the molecule is C=C(C)C(=O)OCCCCCCCC.[Sn]. The van der Waals surface area contributed by atoms with Crippen molar-refractivity contribution < 1.29 is 9.53 Å². The zero-order valence-corrected chi connectivity index (χ0v) is 12.8. The first-order valence-electron chi connectivity index (χ1n) is 5.51. The number of carbonyl (C=O) groups is 1. The van der Waals surface area contributed by atoms with Crippen molar-refractivity contribution in [2.24, 2.45) is 0 Å². The summed E-state index contributed by atoms with van der Waals surface area (Å²) in [7, 11) is 0. The quantitative estimate of drug-likeness (QED) is 0.298. The smallest absolute Gasteiger partial charge is 0.333 e. The molecule has 2 nitrogen and oxygen atoms in total. The number of hydrogen-bond acceptors (Lipinski definition) is 2. The van der Waals surface area contributed by atoms with Crippen LogP contribution in [0.25, 0.3) is 0 Å². The minimum atomic E-state index is -0.265. The molecule has 0 spiro atoms. The van der Waals surface area contributed by atoms with Crippen molar-refractivity contribution in [3.8, 4) is 0 Å². The van der Waals surface area contributed by atoms with E-state index in [9.17, 15) is 4.79 Å². The van der Waals surface area contributed by atoms with Gasteiger partial charge in [-0.1, -0.05) is 45.6 Å². The Labute approximate surface area is 110 Å². The van der Waals surface area contributed by atoms with Gasteiger partial charge in [0.25, 0.3) is 0 Å². The zero-order chi connectivity index (χ0) is 10.8. The number of unbranched alkanes of at least 4 members (excludes halogenated alkanes) is 5. The third kappa shape index (κ3) is 11.9. The first-order chi connectivity index (χ1) is 6.68. The minimum Gasteiger partial charge on any atom is -0.462 e. The maximum absolute atomic E-state index is 11.0. The molecule has 0 unspecified atom stereocenters. The number of hydrogen-bond donors (Lipinski definition) is 0. The number of esters is 1. The zero-order valence-electron chi connectivity index (χ0n) is 9.97. The molecule has 0 aromatic rings. The Morgan fingerprint density at radius 3 is 2.20 bits per heavy atom. The van der Waals surface area contributed by atoms with E-state index in [4.69, 9.17) is 4.74 Å². The molecule has 0 aliphatic heterocycles. The summed E-state index contributed by atoms with van der Waals surface area (Å²) in [5.74, 6) is -0.265. The Bertz CT molecular complexity index is 178. The van der Waals surface area contributed by atoms with Crippen LogP contribution in [-0.2, 0) is 9.53 Å². The maximum atomic E-state index is 11.0. The van der Waals surface area contributed by atoms with E-state index in [0.717, 1.165) is 12.8 Å². The second-order valence-electron chi connectivity index (χ2n) is 3.68. The molecule has 0 amide bonds. The van der Waals surface area contributed by atoms with E-state index in [0.29, 0.717) is 12.2 Å². The number of carbonyl (C=O) groups excluding carboxylic acids is 1. The molecule has 3 heteroatoms. The van der Waals surface area contributed by atoms with Crippen LogP contribution in [0.4, 0.5) is 0 Å². The predicted molar refractivity (Wildman–Crippen MR) is 64.9 cm³/mol. The molecule has 0 aromatic heterocycles. The van der Waals surface area contributed by atoms with E-state index in [2.05, 4.69) is 13.5 Å². The Balaban J connectivity index is 0. The van der Waals surface area contributed by atoms with Gasteiger partial charge in [0.05, 0.1) is 6.61 Å². The van der Waals surface area contributed by atoms with Gasteiger partial charge in [-0.25, -0.2) is 4.79 Å². The van der Waals surface area contributed by atoms with Crippen molar-refractivity contribution in [2.45, 2.75) is 52.4 Å². The predicted octanol–water partition coefficient (Wildman–Crippen LogP) is 3.09. The van der Waals surface area contributed by atoms with Gasteiger partial charge in [-0.3, -0.25) is 0 Å². The molecule has 0 saturated heterocycles. The van der Waals surface area contributed by atoms with Gasteiger partial charge in [0.1, 0.15) is 0 Å². The standard InChI is InChI=1S/C12H22O2.Sn/c1-4-5-6-7-8-9-10-14-12(13)11(2)3;/h2,4-10H2,1,3H3;. The molecule has 0 aromatic carbocycles. The first-order valence-corrected chi connectivity index (χ1v) is 5.51. The topological polar surface area (TPSA) is 26.3 Å². The number of rotatable bonds is 8. The van der Waals surface area contributed by atoms with Crippen molar-refractivity contribution in [1.29, 1.82) is 0 Å². The van der Waals surface area contributed by atoms with Crippen LogP contribution in [0, 0.1) is 0 Å². The normalized spacial score (nSPS) is 9.20. The van der Waals surface area contributed by atoms with Crippen LogP contribution in [0.1, 0.15) is 52.4 Å². The summed E-state index contributed by atoms with van der Waals surface area (Å²) in [6, 6.07) is 0. The fourth-order valence-electron chi connectivity index (χ4n) is 1.17. The Morgan fingerprint density at radius 2 is 1.67 bits per heavy atom. The monoisotopic (exact) mass is 318 g/mol. The van der Waals surface area contributed by atoms with Gasteiger partial charge in [-0.15, -0.1) is 0 Å². The molecule has 0 fully saturated rings. The molecule has 0 aliphatic carbocycles. The fraction of sp³-hybridized carbons (Fsp3) is 0.750. The van der Waals surface area contributed by atoms with Crippen molar-refractivity contribution in [3.05, 3.63) is 12.2 Å².